The maximum absolute atomic E-state index is 11.9. The molecule has 2 bridgehead atoms. The fourth-order valence-corrected chi connectivity index (χ4v) is 3.54. The Morgan fingerprint density at radius 1 is 1.42 bits per heavy atom. The van der Waals surface area contributed by atoms with Crippen molar-refractivity contribution in [1.29, 1.82) is 0 Å². The van der Waals surface area contributed by atoms with Gasteiger partial charge in [-0.1, -0.05) is 6.42 Å². The van der Waals surface area contributed by atoms with E-state index < -0.39 is 0 Å². The van der Waals surface area contributed by atoms with Gasteiger partial charge in [0.15, 0.2) is 0 Å². The number of hydrazone groups is 1. The molecule has 1 N–H and O–H groups in total. The maximum Gasteiger partial charge on any atom is 0.272 e. The zero-order valence-corrected chi connectivity index (χ0v) is 11.2. The van der Waals surface area contributed by atoms with Crippen molar-refractivity contribution in [3.05, 3.63) is 30.1 Å². The number of nitrogens with zero attached hydrogens (tertiary/aromatic N) is 2. The summed E-state index contributed by atoms with van der Waals surface area (Å²) < 4.78 is 0. The van der Waals surface area contributed by atoms with Crippen molar-refractivity contribution < 1.29 is 4.79 Å². The van der Waals surface area contributed by atoms with E-state index in [4.69, 9.17) is 0 Å². The van der Waals surface area contributed by atoms with E-state index >= 15 is 0 Å². The third-order valence-electron chi connectivity index (χ3n) is 4.53. The Balaban J connectivity index is 1.62. The number of fused-ring (bicyclic) bond motifs is 2. The molecule has 0 aliphatic heterocycles. The summed E-state index contributed by atoms with van der Waals surface area (Å²) in [5, 5.41) is 4.29. The smallest absolute Gasteiger partial charge is 0.267 e. The SMILES string of the molecule is CC(=NNC(=O)c1cccnc1)C1CC2CCC1C2. The molecule has 2 aliphatic rings. The molecule has 4 heteroatoms. The number of hydrogen-bond acceptors (Lipinski definition) is 3. The quantitative estimate of drug-likeness (QED) is 0.668. The van der Waals surface area contributed by atoms with Gasteiger partial charge < -0.3 is 0 Å². The van der Waals surface area contributed by atoms with Gasteiger partial charge in [-0.25, -0.2) is 5.43 Å². The van der Waals surface area contributed by atoms with Gasteiger partial charge in [0.1, 0.15) is 0 Å². The molecule has 100 valence electrons. The Morgan fingerprint density at radius 2 is 2.32 bits per heavy atom. The Labute approximate surface area is 113 Å². The molecule has 1 aromatic heterocycles. The molecule has 1 heterocycles. The molecule has 0 aromatic carbocycles. The topological polar surface area (TPSA) is 54.4 Å². The molecule has 3 unspecified atom stereocenters. The van der Waals surface area contributed by atoms with Gasteiger partial charge in [0.25, 0.3) is 5.91 Å². The highest BCUT2D eigenvalue weighted by atomic mass is 16.2. The summed E-state index contributed by atoms with van der Waals surface area (Å²) in [6.07, 6.45) is 8.53. The monoisotopic (exact) mass is 257 g/mol. The van der Waals surface area contributed by atoms with E-state index in [-0.39, 0.29) is 5.91 Å². The van der Waals surface area contributed by atoms with Crippen molar-refractivity contribution >= 4 is 11.6 Å². The van der Waals surface area contributed by atoms with Crippen molar-refractivity contribution in [3.8, 4) is 0 Å². The summed E-state index contributed by atoms with van der Waals surface area (Å²) >= 11 is 0. The summed E-state index contributed by atoms with van der Waals surface area (Å²) in [6.45, 7) is 2.04. The minimum absolute atomic E-state index is 0.185. The van der Waals surface area contributed by atoms with E-state index in [0.29, 0.717) is 11.5 Å². The molecule has 2 aliphatic carbocycles. The molecular weight excluding hydrogens is 238 g/mol. The normalized spacial score (nSPS) is 29.5. The van der Waals surface area contributed by atoms with Crippen LogP contribution >= 0.6 is 0 Å². The van der Waals surface area contributed by atoms with E-state index in [2.05, 4.69) is 15.5 Å². The Kier molecular flexibility index (Phi) is 3.32. The van der Waals surface area contributed by atoms with Crippen LogP contribution in [0.25, 0.3) is 0 Å². The van der Waals surface area contributed by atoms with Gasteiger partial charge in [-0.2, -0.15) is 5.10 Å². The minimum Gasteiger partial charge on any atom is -0.267 e. The van der Waals surface area contributed by atoms with Crippen LogP contribution < -0.4 is 5.43 Å². The lowest BCUT2D eigenvalue weighted by Gasteiger charge is -2.21. The second kappa shape index (κ2) is 5.11. The first-order valence-electron chi connectivity index (χ1n) is 6.98. The standard InChI is InChI=1S/C15H19N3O/c1-10(14-8-11-4-5-12(14)7-11)17-18-15(19)13-3-2-6-16-9-13/h2-3,6,9,11-12,14H,4-5,7-8H2,1H3,(H,18,19). The minimum atomic E-state index is -0.185. The van der Waals surface area contributed by atoms with Gasteiger partial charge in [0, 0.05) is 24.0 Å². The number of nitrogens with one attached hydrogen (secondary N) is 1. The molecule has 2 saturated carbocycles. The highest BCUT2D eigenvalue weighted by molar-refractivity contribution is 5.95. The van der Waals surface area contributed by atoms with Gasteiger partial charge in [-0.05, 0) is 50.2 Å². The molecule has 0 radical (unpaired) electrons. The van der Waals surface area contributed by atoms with Crippen LogP contribution in [0.2, 0.25) is 0 Å². The van der Waals surface area contributed by atoms with Gasteiger partial charge in [0.2, 0.25) is 0 Å². The summed E-state index contributed by atoms with van der Waals surface area (Å²) in [5.74, 6) is 2.08. The van der Waals surface area contributed by atoms with Crippen LogP contribution in [0.5, 0.6) is 0 Å². The third kappa shape index (κ3) is 2.53. The zero-order valence-electron chi connectivity index (χ0n) is 11.2. The number of carbonyl (C=O) groups excluding carboxylic acids is 1. The van der Waals surface area contributed by atoms with E-state index in [1.807, 2.05) is 6.92 Å². The zero-order chi connectivity index (χ0) is 13.2. The van der Waals surface area contributed by atoms with Crippen molar-refractivity contribution in [2.24, 2.45) is 22.9 Å². The van der Waals surface area contributed by atoms with Gasteiger partial charge in [-0.3, -0.25) is 9.78 Å². The molecule has 1 amide bonds. The number of carbonyl (C=O) groups is 1. The van der Waals surface area contributed by atoms with Crippen molar-refractivity contribution in [1.82, 2.24) is 10.4 Å². The Morgan fingerprint density at radius 3 is 2.95 bits per heavy atom. The summed E-state index contributed by atoms with van der Waals surface area (Å²) in [6, 6.07) is 3.49. The molecule has 0 saturated heterocycles. The largest absolute Gasteiger partial charge is 0.272 e. The van der Waals surface area contributed by atoms with Crippen LogP contribution in [-0.4, -0.2) is 16.6 Å². The fourth-order valence-electron chi connectivity index (χ4n) is 3.54. The lowest BCUT2D eigenvalue weighted by molar-refractivity contribution is 0.0954. The predicted octanol–water partition coefficient (Wildman–Crippen LogP) is 2.62. The lowest BCUT2D eigenvalue weighted by Crippen LogP contribution is -2.24. The maximum atomic E-state index is 11.9. The summed E-state index contributed by atoms with van der Waals surface area (Å²) in [7, 11) is 0. The van der Waals surface area contributed by atoms with Crippen molar-refractivity contribution in [2.75, 3.05) is 0 Å². The van der Waals surface area contributed by atoms with Gasteiger partial charge in [0.05, 0.1) is 5.56 Å². The molecule has 2 fully saturated rings. The van der Waals surface area contributed by atoms with E-state index in [9.17, 15) is 4.79 Å². The van der Waals surface area contributed by atoms with Crippen molar-refractivity contribution in [2.45, 2.75) is 32.6 Å². The van der Waals surface area contributed by atoms with Gasteiger partial charge >= 0.3 is 0 Å². The summed E-state index contributed by atoms with van der Waals surface area (Å²) in [5.41, 5.74) is 4.27. The first kappa shape index (κ1) is 12.3. The third-order valence-corrected chi connectivity index (χ3v) is 4.53. The number of rotatable bonds is 3. The Hall–Kier alpha value is -1.71. The molecule has 1 aromatic rings. The highest BCUT2D eigenvalue weighted by Crippen LogP contribution is 2.48. The van der Waals surface area contributed by atoms with Crippen molar-refractivity contribution in [3.63, 3.8) is 0 Å². The van der Waals surface area contributed by atoms with E-state index in [1.54, 1.807) is 24.5 Å². The van der Waals surface area contributed by atoms with Crippen LogP contribution in [0, 0.1) is 17.8 Å². The van der Waals surface area contributed by atoms with E-state index in [0.717, 1.165) is 17.5 Å². The molecule has 3 atom stereocenters. The average Bonchev–Trinajstić information content (AvgIpc) is 3.08. The van der Waals surface area contributed by atoms with Gasteiger partial charge in [-0.15, -0.1) is 0 Å². The molecule has 4 nitrogen and oxygen atoms in total. The second-order valence-corrected chi connectivity index (χ2v) is 5.72. The van der Waals surface area contributed by atoms with E-state index in [1.165, 1.54) is 25.7 Å². The van der Waals surface area contributed by atoms with Crippen LogP contribution in [0.3, 0.4) is 0 Å². The van der Waals surface area contributed by atoms with Crippen LogP contribution in [0.4, 0.5) is 0 Å². The first-order valence-corrected chi connectivity index (χ1v) is 6.98. The Bertz CT molecular complexity index is 497. The second-order valence-electron chi connectivity index (χ2n) is 5.72. The molecular formula is C15H19N3O. The fraction of sp³-hybridized carbons (Fsp3) is 0.533. The number of aromatic nitrogens is 1. The number of pyridine rings is 1. The highest BCUT2D eigenvalue weighted by Gasteiger charge is 2.40. The molecule has 19 heavy (non-hydrogen) atoms. The number of hydrogen-bond donors (Lipinski definition) is 1. The van der Waals surface area contributed by atoms with Crippen LogP contribution in [0.15, 0.2) is 29.6 Å². The first-order chi connectivity index (χ1) is 9.24. The average molecular weight is 257 g/mol. The lowest BCUT2D eigenvalue weighted by atomic mass is 9.86. The number of amides is 1. The van der Waals surface area contributed by atoms with Crippen LogP contribution in [-0.2, 0) is 0 Å². The van der Waals surface area contributed by atoms with Crippen LogP contribution in [0.1, 0.15) is 43.0 Å². The molecule has 0 spiro atoms. The molecule has 3 rings (SSSR count). The summed E-state index contributed by atoms with van der Waals surface area (Å²) in [4.78, 5) is 15.8. The predicted molar refractivity (Wildman–Crippen MR) is 73.8 cm³/mol.